The molecule has 0 amide bonds. The average Bonchev–Trinajstić information content (AvgIpc) is 2.63. The Balaban J connectivity index is 2.51. The molecule has 10 heteroatoms. The highest BCUT2D eigenvalue weighted by Gasteiger charge is 2.21. The molecule has 0 saturated carbocycles. The van der Waals surface area contributed by atoms with Gasteiger partial charge in [0.2, 0.25) is 11.6 Å². The van der Waals surface area contributed by atoms with Gasteiger partial charge in [0, 0.05) is 26.7 Å². The zero-order valence-corrected chi connectivity index (χ0v) is 18.5. The van der Waals surface area contributed by atoms with Crippen LogP contribution in [-0.2, 0) is 17.4 Å². The van der Waals surface area contributed by atoms with Crippen molar-refractivity contribution in [3.63, 3.8) is 0 Å². The first-order chi connectivity index (χ1) is 12.7. The van der Waals surface area contributed by atoms with E-state index in [1.165, 1.54) is 26.4 Å². The zero-order chi connectivity index (χ0) is 20.4. The molecule has 1 aromatic rings. The highest BCUT2D eigenvalue weighted by atomic mass is 31.2. The van der Waals surface area contributed by atoms with Gasteiger partial charge < -0.3 is 22.3 Å². The van der Waals surface area contributed by atoms with Crippen molar-refractivity contribution < 1.29 is 35.7 Å². The van der Waals surface area contributed by atoms with Crippen molar-refractivity contribution in [3.8, 4) is 11.5 Å². The van der Waals surface area contributed by atoms with Crippen LogP contribution in [0.5, 0.6) is 11.5 Å². The van der Waals surface area contributed by atoms with Crippen LogP contribution in [0.15, 0.2) is 12.1 Å². The van der Waals surface area contributed by atoms with Crippen molar-refractivity contribution in [1.29, 1.82) is 0 Å². The molecular formula is C17H28AlF2O6P. The van der Waals surface area contributed by atoms with Crippen LogP contribution in [0.3, 0.4) is 0 Å². The molecule has 0 aliphatic rings. The Morgan fingerprint density at radius 1 is 1.04 bits per heavy atom. The Bertz CT molecular complexity index is 624. The van der Waals surface area contributed by atoms with Gasteiger partial charge in [-0.3, -0.25) is 4.57 Å². The van der Waals surface area contributed by atoms with Gasteiger partial charge in [0.25, 0.3) is 0 Å². The van der Waals surface area contributed by atoms with E-state index in [-0.39, 0.29) is 37.0 Å². The first-order valence-corrected chi connectivity index (χ1v) is 13.3. The Morgan fingerprint density at radius 2 is 1.56 bits per heavy atom. The maximum atomic E-state index is 14.1. The molecule has 27 heavy (non-hydrogen) atoms. The quantitative estimate of drug-likeness (QED) is 0.261. The minimum atomic E-state index is -3.14. The minimum Gasteiger partial charge on any atom is -0.499 e. The monoisotopic (exact) mass is 424 g/mol. The fraction of sp³-hybridized carbons (Fsp3) is 0.647. The largest absolute Gasteiger partial charge is 0.499 e. The first-order valence-electron chi connectivity index (χ1n) is 8.82. The number of hydrogen-bond donors (Lipinski definition) is 0. The summed E-state index contributed by atoms with van der Waals surface area (Å²) in [5, 5.41) is 0. The van der Waals surface area contributed by atoms with E-state index in [9.17, 15) is 13.3 Å². The Kier molecular flexibility index (Phi) is 10.8. The molecule has 0 N–H and O–H groups in total. The molecule has 0 aliphatic carbocycles. The highest BCUT2D eigenvalue weighted by molar-refractivity contribution is 7.53. The van der Waals surface area contributed by atoms with E-state index < -0.39 is 33.7 Å². The van der Waals surface area contributed by atoms with Crippen molar-refractivity contribution in [2.24, 2.45) is 0 Å². The lowest BCUT2D eigenvalue weighted by atomic mass is 10.3. The maximum Gasteiger partial charge on any atom is 0.454 e. The summed E-state index contributed by atoms with van der Waals surface area (Å²) >= 11 is -1.14. The van der Waals surface area contributed by atoms with E-state index in [0.717, 1.165) is 0 Å². The van der Waals surface area contributed by atoms with Crippen LogP contribution in [0.2, 0.25) is 11.6 Å². The number of ether oxygens (including phenoxy) is 2. The molecule has 0 bridgehead atoms. The van der Waals surface area contributed by atoms with Gasteiger partial charge in [0.15, 0.2) is 11.5 Å². The third-order valence-electron chi connectivity index (χ3n) is 3.69. The van der Waals surface area contributed by atoms with E-state index in [2.05, 4.69) is 11.6 Å². The number of rotatable bonds is 13. The van der Waals surface area contributed by atoms with Gasteiger partial charge in [0.05, 0.1) is 19.4 Å². The highest BCUT2D eigenvalue weighted by Crippen LogP contribution is 2.46. The second-order valence-corrected chi connectivity index (χ2v) is 11.0. The van der Waals surface area contributed by atoms with Gasteiger partial charge in [-0.05, 0) is 25.5 Å². The van der Waals surface area contributed by atoms with Crippen LogP contribution in [0.1, 0.15) is 19.8 Å². The third-order valence-corrected chi connectivity index (χ3v) is 6.67. The summed E-state index contributed by atoms with van der Waals surface area (Å²) in [4.78, 5) is 0. The summed E-state index contributed by atoms with van der Waals surface area (Å²) in [6.07, 6.45) is 1.02. The number of hydrogen-bond acceptors (Lipinski definition) is 6. The van der Waals surface area contributed by atoms with Crippen molar-refractivity contribution in [3.05, 3.63) is 23.8 Å². The molecule has 1 aromatic carbocycles. The molecule has 1 rings (SSSR count). The Morgan fingerprint density at radius 3 is 2.04 bits per heavy atom. The average molecular weight is 424 g/mol. The van der Waals surface area contributed by atoms with Crippen LogP contribution < -0.4 is 9.47 Å². The summed E-state index contributed by atoms with van der Waals surface area (Å²) in [6, 6.07) is 2.63. The van der Waals surface area contributed by atoms with Crippen molar-refractivity contribution >= 4 is 22.1 Å². The van der Waals surface area contributed by atoms with Crippen molar-refractivity contribution in [2.45, 2.75) is 37.4 Å². The molecule has 0 aromatic heterocycles. The topological polar surface area (TPSA) is 63.2 Å². The van der Waals surface area contributed by atoms with E-state index >= 15 is 0 Å². The lowest BCUT2D eigenvalue weighted by Gasteiger charge is -2.16. The van der Waals surface area contributed by atoms with Crippen LogP contribution >= 0.6 is 7.60 Å². The maximum absolute atomic E-state index is 14.1. The molecule has 154 valence electrons. The van der Waals surface area contributed by atoms with Crippen molar-refractivity contribution in [1.82, 2.24) is 0 Å². The molecular weight excluding hydrogens is 396 g/mol. The van der Waals surface area contributed by atoms with E-state index in [0.29, 0.717) is 12.8 Å². The smallest absolute Gasteiger partial charge is 0.454 e. The molecule has 0 saturated heterocycles. The van der Waals surface area contributed by atoms with Gasteiger partial charge in [-0.2, -0.15) is 8.78 Å². The molecule has 0 radical (unpaired) electrons. The molecule has 1 atom stereocenters. The second kappa shape index (κ2) is 12.0. The summed E-state index contributed by atoms with van der Waals surface area (Å²) in [5.41, 5.74) is 0. The molecule has 1 unspecified atom stereocenters. The summed E-state index contributed by atoms with van der Waals surface area (Å²) in [7, 11) is -0.561. The molecule has 6 nitrogen and oxygen atoms in total. The van der Waals surface area contributed by atoms with E-state index in [1.54, 1.807) is 0 Å². The van der Waals surface area contributed by atoms with E-state index in [4.69, 9.17) is 22.3 Å². The lowest BCUT2D eigenvalue weighted by Crippen LogP contribution is -2.20. The van der Waals surface area contributed by atoms with Gasteiger partial charge >= 0.3 is 22.1 Å². The zero-order valence-electron chi connectivity index (χ0n) is 16.5. The first kappa shape index (κ1) is 24.4. The van der Waals surface area contributed by atoms with Gasteiger partial charge in [0.1, 0.15) is 0 Å². The molecule has 0 fully saturated rings. The predicted octanol–water partition coefficient (Wildman–Crippen LogP) is 4.64. The fourth-order valence-electron chi connectivity index (χ4n) is 2.30. The molecule has 0 heterocycles. The van der Waals surface area contributed by atoms with Crippen LogP contribution in [0.25, 0.3) is 0 Å². The normalized spacial score (nSPS) is 12.7. The minimum absolute atomic E-state index is 0.0161. The van der Waals surface area contributed by atoms with Gasteiger partial charge in [-0.1, -0.05) is 11.6 Å². The third kappa shape index (κ3) is 8.47. The molecule has 0 aliphatic heterocycles. The van der Waals surface area contributed by atoms with Crippen molar-refractivity contribution in [2.75, 3.05) is 33.6 Å². The van der Waals surface area contributed by atoms with Gasteiger partial charge in [-0.25, -0.2) is 0 Å². The Hall–Kier alpha value is -0.678. The summed E-state index contributed by atoms with van der Waals surface area (Å²) in [5.74, 6) is 1.51. The lowest BCUT2D eigenvalue weighted by molar-refractivity contribution is 0.175. The number of halogens is 2. The fourth-order valence-corrected chi connectivity index (χ4v) is 4.40. The SMILES string of the molecule is COP(=O)(CCCOc1ccc(OCCC(C)[O][Al]([CH3])[CH3])c(F)c1F)OC. The Labute approximate surface area is 164 Å². The van der Waals surface area contributed by atoms with Crippen LogP contribution in [0.4, 0.5) is 8.78 Å². The summed E-state index contributed by atoms with van der Waals surface area (Å²) in [6.45, 7) is 2.19. The van der Waals surface area contributed by atoms with E-state index in [1.807, 2.05) is 6.92 Å². The molecule has 0 spiro atoms. The number of benzene rings is 1. The second-order valence-electron chi connectivity index (χ2n) is 6.22. The predicted molar refractivity (Wildman–Crippen MR) is 101 cm³/mol. The standard InChI is InChI=1S/C15H22F2O6P.2CH3.Al/c1-11(18)7-9-23-13-6-5-12(14(16)15(13)17)22-8-4-10-24(19,20-2)21-3;;;/h5-6,11H,4,7-10H2,1-3H3;2*1H3;/q-1;;;+1. The van der Waals surface area contributed by atoms with Gasteiger partial charge in [-0.15, -0.1) is 0 Å². The van der Waals surface area contributed by atoms with Crippen LogP contribution in [-0.4, -0.2) is 54.2 Å². The van der Waals surface area contributed by atoms with Crippen LogP contribution in [0, 0.1) is 11.6 Å². The summed E-state index contributed by atoms with van der Waals surface area (Å²) < 4.78 is 65.9.